The van der Waals surface area contributed by atoms with Crippen LogP contribution in [0.4, 0.5) is 5.69 Å². The number of amides is 1. The number of anilines is 1. The summed E-state index contributed by atoms with van der Waals surface area (Å²) >= 11 is 0. The highest BCUT2D eigenvalue weighted by molar-refractivity contribution is 6.03. The number of aromatic nitrogens is 2. The standard InChI is InChI=1S/C20H21N3O2/c1-4-25-17-10-11-18(14(2)12-17)21-20(24)19-13-15(3)23(22-19)16-8-6-5-7-9-16/h5-13H,4H2,1-3H3,(H,21,24). The lowest BCUT2D eigenvalue weighted by molar-refractivity contribution is 0.102. The summed E-state index contributed by atoms with van der Waals surface area (Å²) in [5.41, 5.74) is 3.91. The van der Waals surface area contributed by atoms with Crippen molar-refractivity contribution in [2.24, 2.45) is 0 Å². The van der Waals surface area contributed by atoms with Crippen molar-refractivity contribution in [3.05, 3.63) is 71.5 Å². The molecule has 2 aromatic carbocycles. The van der Waals surface area contributed by atoms with Gasteiger partial charge in [0.05, 0.1) is 12.3 Å². The van der Waals surface area contributed by atoms with Gasteiger partial charge in [0.25, 0.3) is 5.91 Å². The van der Waals surface area contributed by atoms with Crippen LogP contribution < -0.4 is 10.1 Å². The number of nitrogens with zero attached hydrogens (tertiary/aromatic N) is 2. The van der Waals surface area contributed by atoms with Crippen molar-refractivity contribution in [3.63, 3.8) is 0 Å². The van der Waals surface area contributed by atoms with Gasteiger partial charge in [0.15, 0.2) is 5.69 Å². The first-order chi connectivity index (χ1) is 12.1. The number of hydrogen-bond acceptors (Lipinski definition) is 3. The lowest BCUT2D eigenvalue weighted by atomic mass is 10.2. The van der Waals surface area contributed by atoms with Gasteiger partial charge in [-0.05, 0) is 62.7 Å². The smallest absolute Gasteiger partial charge is 0.276 e. The molecule has 128 valence electrons. The van der Waals surface area contributed by atoms with Crippen molar-refractivity contribution >= 4 is 11.6 Å². The van der Waals surface area contributed by atoms with Gasteiger partial charge in [0, 0.05) is 11.4 Å². The van der Waals surface area contributed by atoms with Gasteiger partial charge in [-0.2, -0.15) is 5.10 Å². The average molecular weight is 335 g/mol. The van der Waals surface area contributed by atoms with Gasteiger partial charge in [-0.3, -0.25) is 4.79 Å². The normalized spacial score (nSPS) is 10.5. The van der Waals surface area contributed by atoms with Gasteiger partial charge in [-0.15, -0.1) is 0 Å². The second kappa shape index (κ2) is 7.21. The van der Waals surface area contributed by atoms with E-state index in [4.69, 9.17) is 4.74 Å². The summed E-state index contributed by atoms with van der Waals surface area (Å²) in [5, 5.41) is 7.35. The molecule has 5 nitrogen and oxygen atoms in total. The zero-order valence-electron chi connectivity index (χ0n) is 14.6. The summed E-state index contributed by atoms with van der Waals surface area (Å²) in [6, 6.07) is 17.1. The van der Waals surface area contributed by atoms with E-state index in [2.05, 4.69) is 10.4 Å². The predicted octanol–water partition coefficient (Wildman–Crippen LogP) is 4.14. The molecule has 0 bridgehead atoms. The van der Waals surface area contributed by atoms with Crippen LogP contribution in [0.15, 0.2) is 54.6 Å². The first kappa shape index (κ1) is 16.8. The van der Waals surface area contributed by atoms with Crippen LogP contribution in [0.1, 0.15) is 28.7 Å². The molecule has 0 fully saturated rings. The first-order valence-electron chi connectivity index (χ1n) is 8.25. The summed E-state index contributed by atoms with van der Waals surface area (Å²) in [7, 11) is 0. The maximum atomic E-state index is 12.6. The predicted molar refractivity (Wildman–Crippen MR) is 98.6 cm³/mol. The number of aryl methyl sites for hydroxylation is 2. The number of rotatable bonds is 5. The molecule has 1 N–H and O–H groups in total. The molecule has 3 aromatic rings. The summed E-state index contributed by atoms with van der Waals surface area (Å²) in [6.45, 7) is 6.42. The summed E-state index contributed by atoms with van der Waals surface area (Å²) in [4.78, 5) is 12.6. The zero-order chi connectivity index (χ0) is 17.8. The minimum Gasteiger partial charge on any atom is -0.494 e. The van der Waals surface area contributed by atoms with E-state index < -0.39 is 0 Å². The number of hydrogen-bond donors (Lipinski definition) is 1. The quantitative estimate of drug-likeness (QED) is 0.762. The fourth-order valence-electron chi connectivity index (χ4n) is 2.64. The van der Waals surface area contributed by atoms with E-state index in [0.29, 0.717) is 12.3 Å². The molecule has 1 aromatic heterocycles. The second-order valence-corrected chi connectivity index (χ2v) is 5.78. The summed E-state index contributed by atoms with van der Waals surface area (Å²) < 4.78 is 7.23. The van der Waals surface area contributed by atoms with Gasteiger partial charge in [-0.1, -0.05) is 18.2 Å². The van der Waals surface area contributed by atoms with E-state index in [0.717, 1.165) is 28.4 Å². The zero-order valence-corrected chi connectivity index (χ0v) is 14.6. The number of benzene rings is 2. The molecule has 0 spiro atoms. The Morgan fingerprint density at radius 1 is 1.12 bits per heavy atom. The van der Waals surface area contributed by atoms with Crippen molar-refractivity contribution in [2.45, 2.75) is 20.8 Å². The second-order valence-electron chi connectivity index (χ2n) is 5.78. The highest BCUT2D eigenvalue weighted by atomic mass is 16.5. The minimum absolute atomic E-state index is 0.231. The van der Waals surface area contributed by atoms with Crippen LogP contribution in [0, 0.1) is 13.8 Å². The van der Waals surface area contributed by atoms with Crippen molar-refractivity contribution in [1.82, 2.24) is 9.78 Å². The molecule has 0 unspecified atom stereocenters. The van der Waals surface area contributed by atoms with Gasteiger partial charge >= 0.3 is 0 Å². The molecule has 3 rings (SSSR count). The molecule has 0 aliphatic heterocycles. The Morgan fingerprint density at radius 2 is 1.88 bits per heavy atom. The molecule has 5 heteroatoms. The highest BCUT2D eigenvalue weighted by Gasteiger charge is 2.14. The first-order valence-corrected chi connectivity index (χ1v) is 8.25. The third-order valence-corrected chi connectivity index (χ3v) is 3.88. The Hall–Kier alpha value is -3.08. The van der Waals surface area contributed by atoms with Crippen LogP contribution in [0.5, 0.6) is 5.75 Å². The minimum atomic E-state index is -0.231. The van der Waals surface area contributed by atoms with Crippen LogP contribution >= 0.6 is 0 Å². The van der Waals surface area contributed by atoms with Crippen LogP contribution in [0.2, 0.25) is 0 Å². The molecule has 1 heterocycles. The fraction of sp³-hybridized carbons (Fsp3) is 0.200. The Balaban J connectivity index is 1.80. The van der Waals surface area contributed by atoms with Gasteiger partial charge in [-0.25, -0.2) is 4.68 Å². The molecule has 0 saturated carbocycles. The number of ether oxygens (including phenoxy) is 1. The van der Waals surface area contributed by atoms with E-state index in [1.54, 1.807) is 10.7 Å². The molecule has 0 saturated heterocycles. The number of carbonyl (C=O) groups excluding carboxylic acids is 1. The number of carbonyl (C=O) groups is 1. The fourth-order valence-corrected chi connectivity index (χ4v) is 2.64. The van der Waals surface area contributed by atoms with E-state index in [1.807, 2.05) is 69.3 Å². The van der Waals surface area contributed by atoms with Crippen LogP contribution in [0.3, 0.4) is 0 Å². The molecule has 0 atom stereocenters. The highest BCUT2D eigenvalue weighted by Crippen LogP contribution is 2.22. The Labute approximate surface area is 147 Å². The Morgan fingerprint density at radius 3 is 2.56 bits per heavy atom. The monoisotopic (exact) mass is 335 g/mol. The van der Waals surface area contributed by atoms with Crippen LogP contribution in [-0.4, -0.2) is 22.3 Å². The summed E-state index contributed by atoms with van der Waals surface area (Å²) in [6.07, 6.45) is 0. The van der Waals surface area contributed by atoms with Crippen LogP contribution in [0.25, 0.3) is 5.69 Å². The van der Waals surface area contributed by atoms with Crippen molar-refractivity contribution < 1.29 is 9.53 Å². The molecule has 0 aliphatic rings. The van der Waals surface area contributed by atoms with Gasteiger partial charge in [0.2, 0.25) is 0 Å². The van der Waals surface area contributed by atoms with E-state index >= 15 is 0 Å². The van der Waals surface area contributed by atoms with E-state index in [1.165, 1.54) is 0 Å². The molecular weight excluding hydrogens is 314 g/mol. The van der Waals surface area contributed by atoms with E-state index in [9.17, 15) is 4.79 Å². The molecule has 0 aliphatic carbocycles. The largest absolute Gasteiger partial charge is 0.494 e. The SMILES string of the molecule is CCOc1ccc(NC(=O)c2cc(C)n(-c3ccccc3)n2)c(C)c1. The van der Waals surface area contributed by atoms with Crippen molar-refractivity contribution in [1.29, 1.82) is 0 Å². The van der Waals surface area contributed by atoms with Gasteiger partial charge in [0.1, 0.15) is 5.75 Å². The maximum Gasteiger partial charge on any atom is 0.276 e. The van der Waals surface area contributed by atoms with E-state index in [-0.39, 0.29) is 5.91 Å². The molecule has 0 radical (unpaired) electrons. The number of nitrogens with one attached hydrogen (secondary N) is 1. The lowest BCUT2D eigenvalue weighted by Crippen LogP contribution is -2.14. The molecule has 1 amide bonds. The maximum absolute atomic E-state index is 12.6. The molecular formula is C20H21N3O2. The number of para-hydroxylation sites is 1. The van der Waals surface area contributed by atoms with Crippen molar-refractivity contribution in [2.75, 3.05) is 11.9 Å². The third-order valence-electron chi connectivity index (χ3n) is 3.88. The topological polar surface area (TPSA) is 56.1 Å². The lowest BCUT2D eigenvalue weighted by Gasteiger charge is -2.09. The van der Waals surface area contributed by atoms with Crippen LogP contribution in [-0.2, 0) is 0 Å². The third kappa shape index (κ3) is 3.71. The average Bonchev–Trinajstić information content (AvgIpc) is 3.00. The summed E-state index contributed by atoms with van der Waals surface area (Å²) in [5.74, 6) is 0.562. The molecule has 25 heavy (non-hydrogen) atoms. The Bertz CT molecular complexity index is 885. The van der Waals surface area contributed by atoms with Gasteiger partial charge < -0.3 is 10.1 Å². The van der Waals surface area contributed by atoms with Crippen molar-refractivity contribution in [3.8, 4) is 11.4 Å². The Kier molecular flexibility index (Phi) is 4.84.